The zero-order valence-electron chi connectivity index (χ0n) is 11.8. The summed E-state index contributed by atoms with van der Waals surface area (Å²) in [4.78, 5) is 27.5. The molecule has 0 aliphatic heterocycles. The lowest BCUT2D eigenvalue weighted by Gasteiger charge is -2.18. The first-order valence-corrected chi connectivity index (χ1v) is 6.43. The van der Waals surface area contributed by atoms with Gasteiger partial charge in [0, 0.05) is 31.1 Å². The molecular formula is C15H16N2O4. The number of aryl methyl sites for hydroxylation is 1. The van der Waals surface area contributed by atoms with Gasteiger partial charge in [0.1, 0.15) is 5.75 Å². The quantitative estimate of drug-likeness (QED) is 0.887. The number of rotatable bonds is 4. The maximum absolute atomic E-state index is 12.4. The third-order valence-electron chi connectivity index (χ3n) is 3.50. The zero-order chi connectivity index (χ0) is 15.6. The maximum atomic E-state index is 12.4. The van der Waals surface area contributed by atoms with Crippen LogP contribution in [0.1, 0.15) is 29.2 Å². The van der Waals surface area contributed by atoms with Crippen LogP contribution >= 0.6 is 0 Å². The monoisotopic (exact) mass is 288 g/mol. The van der Waals surface area contributed by atoms with Crippen molar-refractivity contribution in [3.8, 4) is 5.75 Å². The van der Waals surface area contributed by atoms with Crippen LogP contribution < -0.4 is 5.56 Å². The summed E-state index contributed by atoms with van der Waals surface area (Å²) in [5, 5.41) is 19.2. The number of nitrogens with zero attached hydrogens (tertiary/aromatic N) is 2. The van der Waals surface area contributed by atoms with Gasteiger partial charge in [-0.2, -0.15) is 0 Å². The van der Waals surface area contributed by atoms with E-state index in [4.69, 9.17) is 5.11 Å². The molecule has 0 aliphatic rings. The van der Waals surface area contributed by atoms with Crippen molar-refractivity contribution in [2.45, 2.75) is 19.3 Å². The topological polar surface area (TPSA) is 92.4 Å². The van der Waals surface area contributed by atoms with Gasteiger partial charge < -0.3 is 14.8 Å². The van der Waals surface area contributed by atoms with Gasteiger partial charge in [-0.15, -0.1) is 0 Å². The van der Waals surface area contributed by atoms with Crippen molar-refractivity contribution in [3.63, 3.8) is 0 Å². The summed E-state index contributed by atoms with van der Waals surface area (Å²) in [6, 6.07) is 4.82. The summed E-state index contributed by atoms with van der Waals surface area (Å²) >= 11 is 0. The molecule has 110 valence electrons. The van der Waals surface area contributed by atoms with E-state index >= 15 is 0 Å². The van der Waals surface area contributed by atoms with E-state index in [2.05, 4.69) is 4.98 Å². The number of hydrogen-bond donors (Lipinski definition) is 2. The third-order valence-corrected chi connectivity index (χ3v) is 3.50. The van der Waals surface area contributed by atoms with Crippen molar-refractivity contribution in [2.75, 3.05) is 0 Å². The van der Waals surface area contributed by atoms with Crippen LogP contribution in [-0.4, -0.2) is 25.7 Å². The molecule has 1 unspecified atom stereocenters. The normalized spacial score (nSPS) is 12.1. The standard InChI is InChI=1S/C15H16N2O4/c1-9-6-12(18)14(15(21)17(9)2)11(7-13(19)20)10-4-3-5-16-8-10/h3-6,8,11,18H,7H2,1-2H3,(H,19,20). The molecule has 0 saturated heterocycles. The van der Waals surface area contributed by atoms with Gasteiger partial charge in [0.25, 0.3) is 5.56 Å². The molecule has 21 heavy (non-hydrogen) atoms. The molecule has 6 heteroatoms. The minimum atomic E-state index is -1.05. The van der Waals surface area contributed by atoms with Gasteiger partial charge in [-0.1, -0.05) is 6.07 Å². The molecule has 0 bridgehead atoms. The molecular weight excluding hydrogens is 272 g/mol. The Kier molecular flexibility index (Phi) is 4.07. The summed E-state index contributed by atoms with van der Waals surface area (Å²) in [5.41, 5.74) is 0.860. The fourth-order valence-corrected chi connectivity index (χ4v) is 2.29. The molecule has 0 fully saturated rings. The first-order chi connectivity index (χ1) is 9.91. The van der Waals surface area contributed by atoms with Gasteiger partial charge in [0.2, 0.25) is 0 Å². The zero-order valence-corrected chi connectivity index (χ0v) is 11.8. The molecule has 0 spiro atoms. The van der Waals surface area contributed by atoms with Crippen LogP contribution in [0.25, 0.3) is 0 Å². The van der Waals surface area contributed by atoms with Crippen LogP contribution in [0.3, 0.4) is 0 Å². The van der Waals surface area contributed by atoms with Crippen LogP contribution in [0.15, 0.2) is 35.4 Å². The summed E-state index contributed by atoms with van der Waals surface area (Å²) in [6.45, 7) is 1.70. The fourth-order valence-electron chi connectivity index (χ4n) is 2.29. The fraction of sp³-hybridized carbons (Fsp3) is 0.267. The van der Waals surface area contributed by atoms with Crippen molar-refractivity contribution in [2.24, 2.45) is 7.05 Å². The number of carbonyl (C=O) groups is 1. The number of carboxylic acids is 1. The number of aliphatic carboxylic acids is 1. The lowest BCUT2D eigenvalue weighted by Crippen LogP contribution is -2.26. The van der Waals surface area contributed by atoms with Crippen molar-refractivity contribution in [1.82, 2.24) is 9.55 Å². The van der Waals surface area contributed by atoms with E-state index in [1.165, 1.54) is 16.8 Å². The molecule has 2 aromatic heterocycles. The molecule has 2 N–H and O–H groups in total. The van der Waals surface area contributed by atoms with Crippen LogP contribution in [-0.2, 0) is 11.8 Å². The van der Waals surface area contributed by atoms with E-state index in [0.29, 0.717) is 11.3 Å². The average molecular weight is 288 g/mol. The summed E-state index contributed by atoms with van der Waals surface area (Å²) in [7, 11) is 1.58. The first-order valence-electron chi connectivity index (χ1n) is 6.43. The molecule has 0 saturated carbocycles. The van der Waals surface area contributed by atoms with E-state index in [-0.39, 0.29) is 17.7 Å². The number of aromatic hydroxyl groups is 1. The minimum absolute atomic E-state index is 0.0819. The first kappa shape index (κ1) is 14.8. The Bertz CT molecular complexity index is 722. The van der Waals surface area contributed by atoms with E-state index in [1.807, 2.05) is 0 Å². The van der Waals surface area contributed by atoms with Crippen LogP contribution in [0.2, 0.25) is 0 Å². The Morgan fingerprint density at radius 1 is 1.48 bits per heavy atom. The highest BCUT2D eigenvalue weighted by Crippen LogP contribution is 2.31. The molecule has 6 nitrogen and oxygen atoms in total. The van der Waals surface area contributed by atoms with Crippen LogP contribution in [0.5, 0.6) is 5.75 Å². The molecule has 2 rings (SSSR count). The summed E-state index contributed by atoms with van der Waals surface area (Å²) < 4.78 is 1.39. The largest absolute Gasteiger partial charge is 0.507 e. The molecule has 1 atom stereocenters. The third kappa shape index (κ3) is 2.94. The van der Waals surface area contributed by atoms with Gasteiger partial charge in [0.05, 0.1) is 12.0 Å². The molecule has 2 heterocycles. The summed E-state index contributed by atoms with van der Waals surface area (Å²) in [5.74, 6) is -1.98. The smallest absolute Gasteiger partial charge is 0.304 e. The van der Waals surface area contributed by atoms with Crippen molar-refractivity contribution < 1.29 is 15.0 Å². The second kappa shape index (κ2) is 5.78. The molecule has 0 aliphatic carbocycles. The Hall–Kier alpha value is -2.63. The Morgan fingerprint density at radius 2 is 2.19 bits per heavy atom. The highest BCUT2D eigenvalue weighted by atomic mass is 16.4. The lowest BCUT2D eigenvalue weighted by molar-refractivity contribution is -0.137. The lowest BCUT2D eigenvalue weighted by atomic mass is 9.89. The summed E-state index contributed by atoms with van der Waals surface area (Å²) in [6.07, 6.45) is 2.78. The second-order valence-electron chi connectivity index (χ2n) is 4.89. The van der Waals surface area contributed by atoms with Gasteiger partial charge >= 0.3 is 5.97 Å². The van der Waals surface area contributed by atoms with Gasteiger partial charge in [-0.25, -0.2) is 0 Å². The molecule has 0 amide bonds. The van der Waals surface area contributed by atoms with Crippen LogP contribution in [0, 0.1) is 6.92 Å². The predicted octanol–water partition coefficient (Wildman–Crippen LogP) is 1.40. The van der Waals surface area contributed by atoms with Crippen molar-refractivity contribution in [1.29, 1.82) is 0 Å². The highest BCUT2D eigenvalue weighted by Gasteiger charge is 2.25. The highest BCUT2D eigenvalue weighted by molar-refractivity contribution is 5.69. The number of hydrogen-bond acceptors (Lipinski definition) is 4. The van der Waals surface area contributed by atoms with Gasteiger partial charge in [0.15, 0.2) is 0 Å². The Morgan fingerprint density at radius 3 is 2.76 bits per heavy atom. The van der Waals surface area contributed by atoms with Crippen molar-refractivity contribution in [3.05, 3.63) is 57.8 Å². The predicted molar refractivity (Wildman–Crippen MR) is 76.4 cm³/mol. The van der Waals surface area contributed by atoms with Gasteiger partial charge in [-0.3, -0.25) is 14.6 Å². The van der Waals surface area contributed by atoms with E-state index in [9.17, 15) is 14.7 Å². The maximum Gasteiger partial charge on any atom is 0.304 e. The SMILES string of the molecule is Cc1cc(O)c(C(CC(=O)O)c2cccnc2)c(=O)n1C. The molecule has 0 radical (unpaired) electrons. The number of pyridine rings is 2. The number of aromatic nitrogens is 2. The van der Waals surface area contributed by atoms with Gasteiger partial charge in [-0.05, 0) is 24.6 Å². The second-order valence-corrected chi connectivity index (χ2v) is 4.89. The molecule has 2 aromatic rings. The number of carboxylic acid groups (broad SMARTS) is 1. The van der Waals surface area contributed by atoms with E-state index in [1.54, 1.807) is 32.3 Å². The van der Waals surface area contributed by atoms with Crippen molar-refractivity contribution >= 4 is 5.97 Å². The van der Waals surface area contributed by atoms with Crippen LogP contribution in [0.4, 0.5) is 0 Å². The Labute approximate surface area is 121 Å². The minimum Gasteiger partial charge on any atom is -0.507 e. The van der Waals surface area contributed by atoms with E-state index in [0.717, 1.165) is 0 Å². The Balaban J connectivity index is 2.66. The van der Waals surface area contributed by atoms with E-state index < -0.39 is 17.4 Å². The molecule has 0 aromatic carbocycles. The average Bonchev–Trinajstić information content (AvgIpc) is 2.44.